The third-order valence-corrected chi connectivity index (χ3v) is 3.82. The van der Waals surface area contributed by atoms with Crippen LogP contribution in [0, 0.1) is 11.3 Å². The predicted molar refractivity (Wildman–Crippen MR) is 67.9 cm³/mol. The predicted octanol–water partition coefficient (Wildman–Crippen LogP) is 2.70. The number of carbonyl (C=O) groups excluding carboxylic acids is 2. The van der Waals surface area contributed by atoms with E-state index in [1.54, 1.807) is 20.8 Å². The third kappa shape index (κ3) is 3.03. The van der Waals surface area contributed by atoms with Crippen LogP contribution < -0.4 is 0 Å². The SMILES string of the molecule is CCOC(=O)C(C)(C(=O)OCC)C1CCCCC1. The first-order chi connectivity index (χ1) is 8.57. The number of hydrogen-bond donors (Lipinski definition) is 0. The van der Waals surface area contributed by atoms with Crippen LogP contribution in [0.3, 0.4) is 0 Å². The summed E-state index contributed by atoms with van der Waals surface area (Å²) in [7, 11) is 0. The van der Waals surface area contributed by atoms with Gasteiger partial charge >= 0.3 is 11.9 Å². The Morgan fingerprint density at radius 1 is 1.00 bits per heavy atom. The molecule has 4 nitrogen and oxygen atoms in total. The lowest BCUT2D eigenvalue weighted by Crippen LogP contribution is -2.46. The summed E-state index contributed by atoms with van der Waals surface area (Å²) in [4.78, 5) is 24.3. The van der Waals surface area contributed by atoms with Gasteiger partial charge in [-0.1, -0.05) is 19.3 Å². The van der Waals surface area contributed by atoms with Crippen molar-refractivity contribution in [1.82, 2.24) is 0 Å². The second-order valence-corrected chi connectivity index (χ2v) is 4.98. The van der Waals surface area contributed by atoms with Crippen molar-refractivity contribution in [2.75, 3.05) is 13.2 Å². The zero-order valence-corrected chi connectivity index (χ0v) is 11.7. The summed E-state index contributed by atoms with van der Waals surface area (Å²) in [6.45, 7) is 5.77. The molecule has 0 N–H and O–H groups in total. The second kappa shape index (κ2) is 6.76. The van der Waals surface area contributed by atoms with Gasteiger partial charge in [0.25, 0.3) is 0 Å². The minimum Gasteiger partial charge on any atom is -0.465 e. The van der Waals surface area contributed by atoms with Gasteiger partial charge in [-0.05, 0) is 39.5 Å². The van der Waals surface area contributed by atoms with Crippen molar-refractivity contribution in [2.24, 2.45) is 11.3 Å². The Bertz CT molecular complexity index is 274. The molecule has 0 atom stereocenters. The first-order valence-electron chi connectivity index (χ1n) is 6.91. The van der Waals surface area contributed by atoms with E-state index in [0.29, 0.717) is 13.2 Å². The van der Waals surface area contributed by atoms with E-state index in [4.69, 9.17) is 9.47 Å². The van der Waals surface area contributed by atoms with Gasteiger partial charge in [-0.25, -0.2) is 0 Å². The van der Waals surface area contributed by atoms with Gasteiger partial charge in [0.15, 0.2) is 5.41 Å². The van der Waals surface area contributed by atoms with E-state index < -0.39 is 17.4 Å². The molecule has 0 heterocycles. The minimum absolute atomic E-state index is 0.0457. The molecule has 0 unspecified atom stereocenters. The van der Waals surface area contributed by atoms with Crippen LogP contribution in [-0.4, -0.2) is 25.2 Å². The Kier molecular flexibility index (Phi) is 5.63. The highest BCUT2D eigenvalue weighted by Gasteiger charge is 2.50. The first kappa shape index (κ1) is 15.0. The lowest BCUT2D eigenvalue weighted by Gasteiger charge is -2.35. The molecule has 0 aliphatic heterocycles. The zero-order valence-electron chi connectivity index (χ0n) is 11.7. The number of rotatable bonds is 5. The standard InChI is InChI=1S/C14H24O4/c1-4-17-12(15)14(3,13(16)18-5-2)11-9-7-6-8-10-11/h11H,4-10H2,1-3H3. The monoisotopic (exact) mass is 256 g/mol. The Morgan fingerprint density at radius 2 is 1.44 bits per heavy atom. The molecule has 1 aliphatic rings. The van der Waals surface area contributed by atoms with E-state index in [1.807, 2.05) is 0 Å². The van der Waals surface area contributed by atoms with Gasteiger partial charge in [0.1, 0.15) is 0 Å². The summed E-state index contributed by atoms with van der Waals surface area (Å²) in [6.07, 6.45) is 5.11. The van der Waals surface area contributed by atoms with E-state index in [0.717, 1.165) is 25.7 Å². The largest absolute Gasteiger partial charge is 0.465 e. The summed E-state index contributed by atoms with van der Waals surface area (Å²) in [5.74, 6) is -0.824. The Labute approximate surface area is 109 Å². The quantitative estimate of drug-likeness (QED) is 0.560. The van der Waals surface area contributed by atoms with Crippen LogP contribution in [0.25, 0.3) is 0 Å². The molecule has 0 aromatic rings. The molecule has 1 rings (SSSR count). The minimum atomic E-state index is -1.13. The number of carbonyl (C=O) groups is 2. The third-order valence-electron chi connectivity index (χ3n) is 3.82. The fraction of sp³-hybridized carbons (Fsp3) is 0.857. The van der Waals surface area contributed by atoms with Crippen LogP contribution in [0.5, 0.6) is 0 Å². The van der Waals surface area contributed by atoms with Gasteiger partial charge in [-0.3, -0.25) is 9.59 Å². The molecule has 0 bridgehead atoms. The number of hydrogen-bond acceptors (Lipinski definition) is 4. The summed E-state index contributed by atoms with van der Waals surface area (Å²) < 4.78 is 10.2. The maximum Gasteiger partial charge on any atom is 0.323 e. The molecular weight excluding hydrogens is 232 g/mol. The van der Waals surface area contributed by atoms with E-state index in [-0.39, 0.29) is 5.92 Å². The number of ether oxygens (including phenoxy) is 2. The van der Waals surface area contributed by atoms with Crippen molar-refractivity contribution >= 4 is 11.9 Å². The topological polar surface area (TPSA) is 52.6 Å². The van der Waals surface area contributed by atoms with Gasteiger partial charge in [0, 0.05) is 0 Å². The molecule has 0 radical (unpaired) electrons. The van der Waals surface area contributed by atoms with Crippen LogP contribution in [0.15, 0.2) is 0 Å². The second-order valence-electron chi connectivity index (χ2n) is 4.98. The van der Waals surface area contributed by atoms with Gasteiger partial charge < -0.3 is 9.47 Å². The van der Waals surface area contributed by atoms with Crippen LogP contribution in [0.4, 0.5) is 0 Å². The molecule has 0 saturated heterocycles. The van der Waals surface area contributed by atoms with E-state index in [9.17, 15) is 9.59 Å². The van der Waals surface area contributed by atoms with Crippen molar-refractivity contribution in [3.05, 3.63) is 0 Å². The molecule has 0 aromatic heterocycles. The van der Waals surface area contributed by atoms with Crippen molar-refractivity contribution in [1.29, 1.82) is 0 Å². The Morgan fingerprint density at radius 3 is 1.83 bits per heavy atom. The molecule has 0 amide bonds. The summed E-state index contributed by atoms with van der Waals surface area (Å²) >= 11 is 0. The maximum absolute atomic E-state index is 12.2. The molecule has 0 aromatic carbocycles. The van der Waals surface area contributed by atoms with Gasteiger partial charge in [0.2, 0.25) is 0 Å². The van der Waals surface area contributed by atoms with Crippen LogP contribution in [-0.2, 0) is 19.1 Å². The molecule has 4 heteroatoms. The zero-order chi connectivity index (χ0) is 13.6. The molecule has 1 aliphatic carbocycles. The summed E-state index contributed by atoms with van der Waals surface area (Å²) in [5.41, 5.74) is -1.13. The molecule has 104 valence electrons. The molecule has 0 spiro atoms. The Hall–Kier alpha value is -1.06. The average Bonchev–Trinajstić information content (AvgIpc) is 2.39. The lowest BCUT2D eigenvalue weighted by molar-refractivity contribution is -0.176. The normalized spacial score (nSPS) is 17.3. The summed E-state index contributed by atoms with van der Waals surface area (Å²) in [6, 6.07) is 0. The highest BCUT2D eigenvalue weighted by Crippen LogP contribution is 2.40. The fourth-order valence-corrected chi connectivity index (χ4v) is 2.66. The maximum atomic E-state index is 12.2. The smallest absolute Gasteiger partial charge is 0.323 e. The lowest BCUT2D eigenvalue weighted by atomic mass is 9.70. The first-order valence-corrected chi connectivity index (χ1v) is 6.91. The van der Waals surface area contributed by atoms with E-state index in [2.05, 4.69) is 0 Å². The Balaban J connectivity index is 2.91. The van der Waals surface area contributed by atoms with Gasteiger partial charge in [0.05, 0.1) is 13.2 Å². The van der Waals surface area contributed by atoms with Crippen LogP contribution >= 0.6 is 0 Å². The van der Waals surface area contributed by atoms with Crippen molar-refractivity contribution in [2.45, 2.75) is 52.9 Å². The van der Waals surface area contributed by atoms with Crippen LogP contribution in [0.2, 0.25) is 0 Å². The highest BCUT2D eigenvalue weighted by atomic mass is 16.6. The van der Waals surface area contributed by atoms with E-state index >= 15 is 0 Å². The molecule has 1 saturated carbocycles. The van der Waals surface area contributed by atoms with Crippen molar-refractivity contribution in [3.8, 4) is 0 Å². The average molecular weight is 256 g/mol. The molecule has 1 fully saturated rings. The van der Waals surface area contributed by atoms with Crippen molar-refractivity contribution < 1.29 is 19.1 Å². The van der Waals surface area contributed by atoms with Crippen LogP contribution in [0.1, 0.15) is 52.9 Å². The van der Waals surface area contributed by atoms with Gasteiger partial charge in [-0.2, -0.15) is 0 Å². The number of esters is 2. The fourth-order valence-electron chi connectivity index (χ4n) is 2.66. The molecule has 18 heavy (non-hydrogen) atoms. The highest BCUT2D eigenvalue weighted by molar-refractivity contribution is 6.00. The van der Waals surface area contributed by atoms with Gasteiger partial charge in [-0.15, -0.1) is 0 Å². The summed E-state index contributed by atoms with van der Waals surface area (Å²) in [5, 5.41) is 0. The van der Waals surface area contributed by atoms with Crippen molar-refractivity contribution in [3.63, 3.8) is 0 Å². The van der Waals surface area contributed by atoms with E-state index in [1.165, 1.54) is 6.42 Å². The molecular formula is C14H24O4.